The van der Waals surface area contributed by atoms with Gasteiger partial charge in [-0.2, -0.15) is 0 Å². The van der Waals surface area contributed by atoms with Crippen molar-refractivity contribution < 1.29 is 19.1 Å². The molecule has 7 nitrogen and oxygen atoms in total. The highest BCUT2D eigenvalue weighted by atomic mass is 32.2. The fraction of sp³-hybridized carbons (Fsp3) is 0.526. The first-order valence-electron chi connectivity index (χ1n) is 9.19. The normalized spacial score (nSPS) is 19.8. The molecule has 3 amide bonds. The summed E-state index contributed by atoms with van der Waals surface area (Å²) in [6, 6.07) is 9.08. The number of nitrogens with zero attached hydrogens (tertiary/aromatic N) is 2. The Morgan fingerprint density at radius 2 is 1.89 bits per heavy atom. The second kappa shape index (κ2) is 9.75. The summed E-state index contributed by atoms with van der Waals surface area (Å²) in [5.74, 6) is 0.960. The Balaban J connectivity index is 1.44. The van der Waals surface area contributed by atoms with E-state index >= 15 is 0 Å². The first kappa shape index (κ1) is 19.7. The van der Waals surface area contributed by atoms with Gasteiger partial charge in [0.15, 0.2) is 0 Å². The lowest BCUT2D eigenvalue weighted by Gasteiger charge is -2.32. The summed E-state index contributed by atoms with van der Waals surface area (Å²) in [5, 5.41) is 2.79. The summed E-state index contributed by atoms with van der Waals surface area (Å²) < 4.78 is 5.29. The summed E-state index contributed by atoms with van der Waals surface area (Å²) in [6.45, 7) is 2.54. The number of carbonyl (C=O) groups is 3. The van der Waals surface area contributed by atoms with E-state index in [0.29, 0.717) is 44.4 Å². The predicted molar refractivity (Wildman–Crippen MR) is 103 cm³/mol. The molecule has 2 aliphatic heterocycles. The zero-order chi connectivity index (χ0) is 19.1. The smallest absolute Gasteiger partial charge is 0.246 e. The second-order valence-corrected chi connectivity index (χ2v) is 7.58. The summed E-state index contributed by atoms with van der Waals surface area (Å²) in [7, 11) is 0. The van der Waals surface area contributed by atoms with Gasteiger partial charge < -0.3 is 19.9 Å². The molecular formula is C19H25N3O4S. The van der Waals surface area contributed by atoms with Crippen molar-refractivity contribution >= 4 is 29.5 Å². The van der Waals surface area contributed by atoms with Gasteiger partial charge in [0.25, 0.3) is 0 Å². The van der Waals surface area contributed by atoms with Gasteiger partial charge in [-0.25, -0.2) is 0 Å². The van der Waals surface area contributed by atoms with Crippen molar-refractivity contribution in [2.45, 2.75) is 18.9 Å². The second-order valence-electron chi connectivity index (χ2n) is 6.58. The molecular weight excluding hydrogens is 366 g/mol. The monoisotopic (exact) mass is 391 g/mol. The molecule has 0 radical (unpaired) electrons. The summed E-state index contributed by atoms with van der Waals surface area (Å²) in [4.78, 5) is 40.6. The lowest BCUT2D eigenvalue weighted by molar-refractivity contribution is -0.146. The number of carbonyl (C=O) groups excluding carboxylic acids is 3. The fourth-order valence-electron chi connectivity index (χ4n) is 3.18. The van der Waals surface area contributed by atoms with E-state index in [1.807, 2.05) is 30.3 Å². The van der Waals surface area contributed by atoms with Crippen LogP contribution in [0.5, 0.6) is 0 Å². The molecule has 146 valence electrons. The van der Waals surface area contributed by atoms with Gasteiger partial charge in [-0.3, -0.25) is 14.4 Å². The number of hydrogen-bond donors (Lipinski definition) is 1. The largest absolute Gasteiger partial charge is 0.378 e. The highest BCUT2D eigenvalue weighted by molar-refractivity contribution is 7.99. The van der Waals surface area contributed by atoms with Crippen molar-refractivity contribution in [3.05, 3.63) is 35.9 Å². The number of thioether (sulfide) groups is 1. The lowest BCUT2D eigenvalue weighted by atomic mass is 10.1. The van der Waals surface area contributed by atoms with Gasteiger partial charge in [0.2, 0.25) is 17.7 Å². The minimum absolute atomic E-state index is 0.00441. The summed E-state index contributed by atoms with van der Waals surface area (Å²) in [6.07, 6.45) is 0.501. The quantitative estimate of drug-likeness (QED) is 0.764. The van der Waals surface area contributed by atoms with Crippen LogP contribution in [0.4, 0.5) is 0 Å². The van der Waals surface area contributed by atoms with E-state index in [1.54, 1.807) is 21.6 Å². The van der Waals surface area contributed by atoms with E-state index in [0.717, 1.165) is 5.56 Å². The molecule has 8 heteroatoms. The van der Waals surface area contributed by atoms with Gasteiger partial charge in [-0.05, 0) is 5.56 Å². The molecule has 3 rings (SSSR count). The molecule has 2 aliphatic rings. The van der Waals surface area contributed by atoms with Crippen LogP contribution >= 0.6 is 11.8 Å². The average molecular weight is 391 g/mol. The maximum absolute atomic E-state index is 12.7. The highest BCUT2D eigenvalue weighted by Gasteiger charge is 2.37. The van der Waals surface area contributed by atoms with E-state index in [9.17, 15) is 14.4 Å². The van der Waals surface area contributed by atoms with Crippen LogP contribution in [0.25, 0.3) is 0 Å². The molecule has 2 heterocycles. The minimum Gasteiger partial charge on any atom is -0.378 e. The molecule has 1 atom stereocenters. The zero-order valence-corrected chi connectivity index (χ0v) is 16.1. The van der Waals surface area contributed by atoms with E-state index in [2.05, 4.69) is 5.32 Å². The highest BCUT2D eigenvalue weighted by Crippen LogP contribution is 2.23. The number of ether oxygens (including phenoxy) is 1. The van der Waals surface area contributed by atoms with Crippen LogP contribution in [0, 0.1) is 0 Å². The molecule has 1 aromatic rings. The van der Waals surface area contributed by atoms with Crippen LogP contribution in [-0.2, 0) is 25.5 Å². The number of nitrogens with one attached hydrogen (secondary N) is 1. The Morgan fingerprint density at radius 1 is 1.15 bits per heavy atom. The van der Waals surface area contributed by atoms with Crippen molar-refractivity contribution in [1.29, 1.82) is 0 Å². The number of amides is 3. The lowest BCUT2D eigenvalue weighted by Crippen LogP contribution is -2.52. The number of hydrogen-bond acceptors (Lipinski definition) is 5. The molecule has 0 aromatic heterocycles. The molecule has 1 aromatic carbocycles. The van der Waals surface area contributed by atoms with Crippen LogP contribution in [0.15, 0.2) is 30.3 Å². The van der Waals surface area contributed by atoms with Crippen LogP contribution < -0.4 is 5.32 Å². The van der Waals surface area contributed by atoms with Crippen molar-refractivity contribution in [2.24, 2.45) is 0 Å². The Hall–Kier alpha value is -2.06. The fourth-order valence-corrected chi connectivity index (χ4v) is 4.36. The van der Waals surface area contributed by atoms with Crippen molar-refractivity contribution in [1.82, 2.24) is 15.1 Å². The van der Waals surface area contributed by atoms with Crippen LogP contribution in [0.3, 0.4) is 0 Å². The van der Waals surface area contributed by atoms with Crippen molar-refractivity contribution in [3.8, 4) is 0 Å². The van der Waals surface area contributed by atoms with E-state index in [-0.39, 0.29) is 30.7 Å². The van der Waals surface area contributed by atoms with Gasteiger partial charge in [-0.15, -0.1) is 11.8 Å². The molecule has 0 saturated carbocycles. The molecule has 2 saturated heterocycles. The minimum atomic E-state index is -0.402. The van der Waals surface area contributed by atoms with Crippen LogP contribution in [-0.4, -0.2) is 78.0 Å². The molecule has 0 bridgehead atoms. The topological polar surface area (TPSA) is 79.0 Å². The predicted octanol–water partition coefficient (Wildman–Crippen LogP) is 0.496. The van der Waals surface area contributed by atoms with Gasteiger partial charge in [0.1, 0.15) is 6.04 Å². The molecule has 0 aliphatic carbocycles. The van der Waals surface area contributed by atoms with E-state index in [4.69, 9.17) is 4.74 Å². The van der Waals surface area contributed by atoms with Crippen molar-refractivity contribution in [2.75, 3.05) is 44.5 Å². The third-order valence-electron chi connectivity index (χ3n) is 4.68. The molecule has 27 heavy (non-hydrogen) atoms. The first-order chi connectivity index (χ1) is 13.1. The molecule has 2 fully saturated rings. The standard InChI is InChI=1S/C19H25N3O4S/c23-17(12-15-4-2-1-3-5-15)20-7-6-18(24)22-14-27-13-16(22)19(25)21-8-10-26-11-9-21/h1-5,16H,6-14H2,(H,20,23)/t16-/m0/s1. The van der Waals surface area contributed by atoms with Crippen LogP contribution in [0.2, 0.25) is 0 Å². The zero-order valence-electron chi connectivity index (χ0n) is 15.3. The Kier molecular flexibility index (Phi) is 7.11. The Morgan fingerprint density at radius 3 is 2.63 bits per heavy atom. The number of rotatable bonds is 6. The third-order valence-corrected chi connectivity index (χ3v) is 5.69. The average Bonchev–Trinajstić information content (AvgIpc) is 3.18. The molecule has 0 spiro atoms. The summed E-state index contributed by atoms with van der Waals surface area (Å²) >= 11 is 1.59. The van der Waals surface area contributed by atoms with Gasteiger partial charge in [0.05, 0.1) is 25.5 Å². The number of morpholine rings is 1. The van der Waals surface area contributed by atoms with E-state index < -0.39 is 6.04 Å². The number of benzene rings is 1. The van der Waals surface area contributed by atoms with E-state index in [1.165, 1.54) is 0 Å². The Bertz CT molecular complexity index is 664. The third kappa shape index (κ3) is 5.46. The van der Waals surface area contributed by atoms with Crippen molar-refractivity contribution in [3.63, 3.8) is 0 Å². The first-order valence-corrected chi connectivity index (χ1v) is 10.3. The maximum Gasteiger partial charge on any atom is 0.246 e. The molecule has 0 unspecified atom stereocenters. The summed E-state index contributed by atoms with van der Waals surface area (Å²) in [5.41, 5.74) is 0.938. The van der Waals surface area contributed by atoms with Crippen LogP contribution in [0.1, 0.15) is 12.0 Å². The SMILES string of the molecule is O=C(Cc1ccccc1)NCCC(=O)N1CSC[C@H]1C(=O)N1CCOCC1. The molecule has 1 N–H and O–H groups in total. The Labute approximate surface area is 163 Å². The van der Waals surface area contributed by atoms with Gasteiger partial charge >= 0.3 is 0 Å². The van der Waals surface area contributed by atoms with Gasteiger partial charge in [0, 0.05) is 31.8 Å². The van der Waals surface area contributed by atoms with Gasteiger partial charge in [-0.1, -0.05) is 30.3 Å². The maximum atomic E-state index is 12.7.